The largest absolute Gasteiger partial charge is 0.315 e. The van der Waals surface area contributed by atoms with Crippen molar-refractivity contribution in [3.63, 3.8) is 0 Å². The van der Waals surface area contributed by atoms with Crippen LogP contribution in [0.1, 0.15) is 19.4 Å². The fourth-order valence-electron chi connectivity index (χ4n) is 2.13. The third kappa shape index (κ3) is 3.73. The predicted octanol–water partition coefficient (Wildman–Crippen LogP) is 2.29. The third-order valence-electron chi connectivity index (χ3n) is 3.11. The number of hydrogen-bond donors (Lipinski definition) is 2. The zero-order valence-electron chi connectivity index (χ0n) is 10.7. The van der Waals surface area contributed by atoms with E-state index in [4.69, 9.17) is 0 Å². The molecule has 1 aromatic carbocycles. The lowest BCUT2D eigenvalue weighted by Gasteiger charge is -2.16. The molecule has 17 heavy (non-hydrogen) atoms. The molecule has 0 spiro atoms. The Balaban J connectivity index is 1.73. The van der Waals surface area contributed by atoms with Gasteiger partial charge < -0.3 is 10.6 Å². The Kier molecular flexibility index (Phi) is 4.89. The number of thioether (sulfide) groups is 1. The highest BCUT2D eigenvalue weighted by Gasteiger charge is 2.21. The summed E-state index contributed by atoms with van der Waals surface area (Å²) in [6.45, 7) is 7.61. The SMILES string of the molecule is CCNCC(C)NCC1Cc2ccccc2S1. The first kappa shape index (κ1) is 12.9. The number of hydrogen-bond acceptors (Lipinski definition) is 3. The van der Waals surface area contributed by atoms with Crippen molar-refractivity contribution in [2.45, 2.75) is 36.5 Å². The lowest BCUT2D eigenvalue weighted by molar-refractivity contribution is 0.507. The highest BCUT2D eigenvalue weighted by atomic mass is 32.2. The highest BCUT2D eigenvalue weighted by molar-refractivity contribution is 8.00. The molecule has 0 radical (unpaired) electrons. The third-order valence-corrected chi connectivity index (χ3v) is 4.43. The fourth-order valence-corrected chi connectivity index (χ4v) is 3.39. The van der Waals surface area contributed by atoms with Crippen molar-refractivity contribution in [2.24, 2.45) is 0 Å². The highest BCUT2D eigenvalue weighted by Crippen LogP contribution is 2.36. The zero-order valence-corrected chi connectivity index (χ0v) is 11.5. The summed E-state index contributed by atoms with van der Waals surface area (Å²) < 4.78 is 0. The van der Waals surface area contributed by atoms with Crippen molar-refractivity contribution in [2.75, 3.05) is 19.6 Å². The monoisotopic (exact) mass is 250 g/mol. The van der Waals surface area contributed by atoms with E-state index >= 15 is 0 Å². The van der Waals surface area contributed by atoms with Crippen LogP contribution in [0.4, 0.5) is 0 Å². The number of fused-ring (bicyclic) bond motifs is 1. The van der Waals surface area contributed by atoms with Gasteiger partial charge in [-0.1, -0.05) is 25.1 Å². The lowest BCUT2D eigenvalue weighted by atomic mass is 10.1. The number of benzene rings is 1. The minimum Gasteiger partial charge on any atom is -0.315 e. The van der Waals surface area contributed by atoms with Gasteiger partial charge in [-0.15, -0.1) is 11.8 Å². The van der Waals surface area contributed by atoms with Crippen LogP contribution >= 0.6 is 11.8 Å². The van der Waals surface area contributed by atoms with E-state index in [2.05, 4.69) is 48.7 Å². The molecule has 1 aliphatic heterocycles. The molecule has 1 heterocycles. The Labute approximate surface area is 109 Å². The van der Waals surface area contributed by atoms with Crippen LogP contribution < -0.4 is 10.6 Å². The van der Waals surface area contributed by atoms with E-state index in [-0.39, 0.29) is 0 Å². The number of nitrogens with one attached hydrogen (secondary N) is 2. The molecule has 2 unspecified atom stereocenters. The number of likely N-dealkylation sites (N-methyl/N-ethyl adjacent to an activating group) is 1. The molecule has 0 saturated heterocycles. The Morgan fingerprint density at radius 2 is 2.24 bits per heavy atom. The number of rotatable bonds is 6. The van der Waals surface area contributed by atoms with Crippen LogP contribution in [-0.4, -0.2) is 30.9 Å². The lowest BCUT2D eigenvalue weighted by Crippen LogP contribution is -2.39. The Morgan fingerprint density at radius 3 is 3.00 bits per heavy atom. The molecular weight excluding hydrogens is 228 g/mol. The first-order valence-corrected chi connectivity index (χ1v) is 7.36. The molecule has 1 aliphatic rings. The van der Waals surface area contributed by atoms with Gasteiger partial charge in [-0.05, 0) is 31.5 Å². The second-order valence-corrected chi connectivity index (χ2v) is 6.01. The van der Waals surface area contributed by atoms with E-state index in [0.717, 1.165) is 19.6 Å². The topological polar surface area (TPSA) is 24.1 Å². The maximum absolute atomic E-state index is 3.61. The first-order chi connectivity index (χ1) is 8.29. The standard InChI is InChI=1S/C14H22N2S/c1-3-15-9-11(2)16-10-13-8-12-6-4-5-7-14(12)17-13/h4-7,11,13,15-16H,3,8-10H2,1-2H3. The van der Waals surface area contributed by atoms with Crippen LogP contribution in [0.5, 0.6) is 0 Å². The van der Waals surface area contributed by atoms with Gasteiger partial charge in [-0.25, -0.2) is 0 Å². The van der Waals surface area contributed by atoms with Gasteiger partial charge in [0, 0.05) is 29.3 Å². The second-order valence-electron chi connectivity index (χ2n) is 4.67. The van der Waals surface area contributed by atoms with Gasteiger partial charge in [0.1, 0.15) is 0 Å². The van der Waals surface area contributed by atoms with Crippen LogP contribution in [0.3, 0.4) is 0 Å². The normalized spacial score (nSPS) is 20.2. The van der Waals surface area contributed by atoms with E-state index < -0.39 is 0 Å². The van der Waals surface area contributed by atoms with Crippen LogP contribution in [-0.2, 0) is 6.42 Å². The summed E-state index contributed by atoms with van der Waals surface area (Å²) in [6.07, 6.45) is 1.21. The zero-order chi connectivity index (χ0) is 12.1. The van der Waals surface area contributed by atoms with E-state index in [1.165, 1.54) is 16.9 Å². The summed E-state index contributed by atoms with van der Waals surface area (Å²) >= 11 is 2.02. The van der Waals surface area contributed by atoms with Gasteiger partial charge in [-0.2, -0.15) is 0 Å². The van der Waals surface area contributed by atoms with E-state index in [9.17, 15) is 0 Å². The maximum Gasteiger partial charge on any atom is 0.0260 e. The van der Waals surface area contributed by atoms with Crippen molar-refractivity contribution >= 4 is 11.8 Å². The molecule has 2 rings (SSSR count). The molecule has 2 N–H and O–H groups in total. The molecule has 0 fully saturated rings. The molecule has 2 nitrogen and oxygen atoms in total. The van der Waals surface area contributed by atoms with Crippen LogP contribution in [0, 0.1) is 0 Å². The van der Waals surface area contributed by atoms with Crippen molar-refractivity contribution in [3.05, 3.63) is 29.8 Å². The fraction of sp³-hybridized carbons (Fsp3) is 0.571. The van der Waals surface area contributed by atoms with Gasteiger partial charge >= 0.3 is 0 Å². The average Bonchev–Trinajstić information content (AvgIpc) is 2.76. The van der Waals surface area contributed by atoms with Gasteiger partial charge in [0.2, 0.25) is 0 Å². The van der Waals surface area contributed by atoms with E-state index in [1.54, 1.807) is 0 Å². The summed E-state index contributed by atoms with van der Waals surface area (Å²) in [5, 5.41) is 7.69. The molecule has 0 amide bonds. The summed E-state index contributed by atoms with van der Waals surface area (Å²) in [6, 6.07) is 9.32. The van der Waals surface area contributed by atoms with E-state index in [0.29, 0.717) is 11.3 Å². The average molecular weight is 250 g/mol. The maximum atomic E-state index is 3.61. The van der Waals surface area contributed by atoms with Crippen molar-refractivity contribution in [1.82, 2.24) is 10.6 Å². The minimum absolute atomic E-state index is 0.555. The molecule has 0 aromatic heterocycles. The predicted molar refractivity (Wildman–Crippen MR) is 75.8 cm³/mol. The summed E-state index contributed by atoms with van der Waals surface area (Å²) in [5.74, 6) is 0. The molecule has 0 bridgehead atoms. The minimum atomic E-state index is 0.555. The Hall–Kier alpha value is -0.510. The quantitative estimate of drug-likeness (QED) is 0.810. The molecule has 3 heteroatoms. The molecule has 2 atom stereocenters. The van der Waals surface area contributed by atoms with Crippen LogP contribution in [0.25, 0.3) is 0 Å². The van der Waals surface area contributed by atoms with Crippen LogP contribution in [0.2, 0.25) is 0 Å². The van der Waals surface area contributed by atoms with Gasteiger partial charge in [0.25, 0.3) is 0 Å². The van der Waals surface area contributed by atoms with Crippen molar-refractivity contribution < 1.29 is 0 Å². The van der Waals surface area contributed by atoms with Crippen LogP contribution in [0.15, 0.2) is 29.2 Å². The summed E-state index contributed by atoms with van der Waals surface area (Å²) in [7, 11) is 0. The van der Waals surface area contributed by atoms with Crippen molar-refractivity contribution in [1.29, 1.82) is 0 Å². The molecule has 0 saturated carbocycles. The molecule has 94 valence electrons. The van der Waals surface area contributed by atoms with Gasteiger partial charge in [-0.3, -0.25) is 0 Å². The van der Waals surface area contributed by atoms with Gasteiger partial charge in [0.05, 0.1) is 0 Å². The van der Waals surface area contributed by atoms with Crippen molar-refractivity contribution in [3.8, 4) is 0 Å². The molecule has 0 aliphatic carbocycles. The Morgan fingerprint density at radius 1 is 1.41 bits per heavy atom. The first-order valence-electron chi connectivity index (χ1n) is 6.48. The second kappa shape index (κ2) is 6.43. The summed E-state index contributed by atoms with van der Waals surface area (Å²) in [5.41, 5.74) is 1.52. The molecule has 1 aromatic rings. The smallest absolute Gasteiger partial charge is 0.0260 e. The molecular formula is C14H22N2S. The van der Waals surface area contributed by atoms with Gasteiger partial charge in [0.15, 0.2) is 0 Å². The Bertz CT molecular complexity index is 329. The summed E-state index contributed by atoms with van der Waals surface area (Å²) in [4.78, 5) is 1.47. The van der Waals surface area contributed by atoms with E-state index in [1.807, 2.05) is 11.8 Å².